The highest BCUT2D eigenvalue weighted by atomic mass is 16.7. The quantitative estimate of drug-likeness (QED) is 0.0501. The second-order valence-corrected chi connectivity index (χ2v) is 12.3. The fourth-order valence-electron chi connectivity index (χ4n) is 5.27. The molecule has 0 aromatic rings. The van der Waals surface area contributed by atoms with Gasteiger partial charge in [0.25, 0.3) is 0 Å². The van der Waals surface area contributed by atoms with Crippen LogP contribution >= 0.6 is 0 Å². The van der Waals surface area contributed by atoms with Gasteiger partial charge < -0.3 is 40.3 Å². The molecule has 1 rings (SSSR count). The van der Waals surface area contributed by atoms with Gasteiger partial charge in [-0.05, 0) is 51.4 Å². The summed E-state index contributed by atoms with van der Waals surface area (Å²) in [5.74, 6) is -0.192. The van der Waals surface area contributed by atoms with Crippen molar-refractivity contribution in [1.82, 2.24) is 5.32 Å². The van der Waals surface area contributed by atoms with Gasteiger partial charge in [-0.1, -0.05) is 114 Å². The first-order valence-corrected chi connectivity index (χ1v) is 17.8. The van der Waals surface area contributed by atoms with Gasteiger partial charge in [0, 0.05) is 6.42 Å². The van der Waals surface area contributed by atoms with Crippen molar-refractivity contribution in [3.63, 3.8) is 0 Å². The largest absolute Gasteiger partial charge is 0.394 e. The lowest BCUT2D eigenvalue weighted by atomic mass is 9.99. The molecule has 0 radical (unpaired) electrons. The average molecular weight is 652 g/mol. The van der Waals surface area contributed by atoms with Crippen LogP contribution in [0.5, 0.6) is 0 Å². The van der Waals surface area contributed by atoms with E-state index in [1.807, 2.05) is 0 Å². The lowest BCUT2D eigenvalue weighted by Crippen LogP contribution is -2.60. The normalized spacial score (nSPS) is 23.7. The summed E-state index contributed by atoms with van der Waals surface area (Å²) in [5, 5.41) is 53.8. The number of carbonyl (C=O) groups is 1. The van der Waals surface area contributed by atoms with E-state index in [1.165, 1.54) is 32.1 Å². The molecule has 266 valence electrons. The number of hydrogen-bond acceptors (Lipinski definition) is 8. The monoisotopic (exact) mass is 651 g/mol. The number of carbonyl (C=O) groups excluding carboxylic acids is 1. The van der Waals surface area contributed by atoms with Crippen molar-refractivity contribution in [2.45, 2.75) is 166 Å². The maximum Gasteiger partial charge on any atom is 0.220 e. The molecule has 0 bridgehead atoms. The van der Waals surface area contributed by atoms with Crippen LogP contribution in [0.4, 0.5) is 0 Å². The van der Waals surface area contributed by atoms with Crippen molar-refractivity contribution in [2.24, 2.45) is 0 Å². The van der Waals surface area contributed by atoms with Crippen LogP contribution < -0.4 is 5.32 Å². The van der Waals surface area contributed by atoms with Gasteiger partial charge in [0.2, 0.25) is 5.91 Å². The molecule has 0 aromatic heterocycles. The summed E-state index contributed by atoms with van der Waals surface area (Å²) in [5.41, 5.74) is 0. The zero-order chi connectivity index (χ0) is 33.8. The van der Waals surface area contributed by atoms with Crippen molar-refractivity contribution < 1.29 is 39.8 Å². The average Bonchev–Trinajstić information content (AvgIpc) is 3.05. The smallest absolute Gasteiger partial charge is 0.220 e. The summed E-state index contributed by atoms with van der Waals surface area (Å²) in [4.78, 5) is 12.8. The van der Waals surface area contributed by atoms with Crippen LogP contribution in [0.15, 0.2) is 48.6 Å². The molecule has 6 N–H and O–H groups in total. The van der Waals surface area contributed by atoms with Gasteiger partial charge in [0.15, 0.2) is 6.29 Å². The third-order valence-corrected chi connectivity index (χ3v) is 8.20. The first-order valence-electron chi connectivity index (χ1n) is 17.8. The molecule has 7 unspecified atom stereocenters. The van der Waals surface area contributed by atoms with Gasteiger partial charge in [0.1, 0.15) is 24.4 Å². The number of aliphatic hydroxyl groups is 5. The summed E-state index contributed by atoms with van der Waals surface area (Å²) < 4.78 is 11.1. The van der Waals surface area contributed by atoms with Gasteiger partial charge in [-0.2, -0.15) is 0 Å². The van der Waals surface area contributed by atoms with Crippen LogP contribution in [0.25, 0.3) is 0 Å². The standard InChI is InChI=1S/C37H65NO8/c1-3-5-7-9-11-13-14-15-16-17-18-19-21-23-25-27-33(41)38-30(31(40)26-24-22-20-12-10-8-6-4-2)29-45-37-36(44)35(43)34(42)32(28-39)46-37/h5,7,11,13,15-16,18-19,30-32,34-37,39-40,42-44H,3-4,6,8-10,12,14,17,20-29H2,1-2H3,(H,38,41)/b7-5-,13-11-,16-15-,19-18-. The SMILES string of the molecule is CC/C=C\C/C=C\C/C=C\C/C=C\CCCCC(=O)NC(COC1OC(CO)C(O)C(O)C1O)C(O)CCCCCCCCCC. The molecule has 1 heterocycles. The van der Waals surface area contributed by atoms with E-state index in [1.54, 1.807) is 0 Å². The highest BCUT2D eigenvalue weighted by molar-refractivity contribution is 5.76. The van der Waals surface area contributed by atoms with Gasteiger partial charge in [-0.15, -0.1) is 0 Å². The topological polar surface area (TPSA) is 149 Å². The van der Waals surface area contributed by atoms with Crippen LogP contribution in [0.3, 0.4) is 0 Å². The van der Waals surface area contributed by atoms with E-state index in [0.717, 1.165) is 57.8 Å². The third-order valence-electron chi connectivity index (χ3n) is 8.20. The zero-order valence-electron chi connectivity index (χ0n) is 28.6. The molecule has 9 nitrogen and oxygen atoms in total. The maximum atomic E-state index is 12.8. The van der Waals surface area contributed by atoms with Gasteiger partial charge in [-0.25, -0.2) is 0 Å². The second-order valence-electron chi connectivity index (χ2n) is 12.3. The Morgan fingerprint density at radius 3 is 1.96 bits per heavy atom. The molecule has 46 heavy (non-hydrogen) atoms. The van der Waals surface area contributed by atoms with E-state index in [0.29, 0.717) is 19.3 Å². The minimum Gasteiger partial charge on any atom is -0.394 e. The van der Waals surface area contributed by atoms with Crippen LogP contribution in [-0.4, -0.2) is 87.5 Å². The summed E-state index contributed by atoms with van der Waals surface area (Å²) in [6, 6.07) is -0.737. The van der Waals surface area contributed by atoms with Crippen molar-refractivity contribution in [3.8, 4) is 0 Å². The summed E-state index contributed by atoms with van der Waals surface area (Å²) in [6.45, 7) is 3.61. The minimum absolute atomic E-state index is 0.158. The Bertz CT molecular complexity index is 858. The van der Waals surface area contributed by atoms with Gasteiger partial charge in [0.05, 0.1) is 25.4 Å². The molecular formula is C37H65NO8. The number of amides is 1. The van der Waals surface area contributed by atoms with E-state index in [2.05, 4.69) is 67.8 Å². The fourth-order valence-corrected chi connectivity index (χ4v) is 5.27. The van der Waals surface area contributed by atoms with Crippen molar-refractivity contribution in [3.05, 3.63) is 48.6 Å². The molecule has 1 aliphatic rings. The number of unbranched alkanes of at least 4 members (excludes halogenated alkanes) is 9. The van der Waals surface area contributed by atoms with E-state index in [4.69, 9.17) is 9.47 Å². The summed E-state index contributed by atoms with van der Waals surface area (Å²) in [7, 11) is 0. The highest BCUT2D eigenvalue weighted by Crippen LogP contribution is 2.22. The zero-order valence-corrected chi connectivity index (χ0v) is 28.6. The fraction of sp³-hybridized carbons (Fsp3) is 0.757. The Hall–Kier alpha value is -1.85. The number of ether oxygens (including phenoxy) is 2. The Labute approximate surface area is 278 Å². The number of hydrogen-bond donors (Lipinski definition) is 6. The first kappa shape index (κ1) is 42.2. The van der Waals surface area contributed by atoms with Crippen molar-refractivity contribution in [1.29, 1.82) is 0 Å². The molecule has 0 aromatic carbocycles. The molecule has 1 fully saturated rings. The van der Waals surface area contributed by atoms with Crippen LogP contribution in [0.2, 0.25) is 0 Å². The number of aliphatic hydroxyl groups excluding tert-OH is 5. The molecular weight excluding hydrogens is 586 g/mol. The first-order chi connectivity index (χ1) is 22.3. The minimum atomic E-state index is -1.56. The molecule has 1 saturated heterocycles. The number of nitrogens with one attached hydrogen (secondary N) is 1. The Kier molecular flexibility index (Phi) is 25.8. The Balaban J connectivity index is 2.48. The van der Waals surface area contributed by atoms with Gasteiger partial charge >= 0.3 is 0 Å². The third kappa shape index (κ3) is 19.7. The van der Waals surface area contributed by atoms with Crippen LogP contribution in [0.1, 0.15) is 123 Å². The summed E-state index contributed by atoms with van der Waals surface area (Å²) in [6.07, 6.45) is 25.6. The Morgan fingerprint density at radius 2 is 1.35 bits per heavy atom. The summed E-state index contributed by atoms with van der Waals surface area (Å²) >= 11 is 0. The van der Waals surface area contributed by atoms with E-state index in [9.17, 15) is 30.3 Å². The predicted octanol–water partition coefficient (Wildman–Crippen LogP) is 5.54. The highest BCUT2D eigenvalue weighted by Gasteiger charge is 2.44. The molecule has 9 heteroatoms. The molecule has 0 aliphatic carbocycles. The van der Waals surface area contributed by atoms with Crippen LogP contribution in [0, 0.1) is 0 Å². The Morgan fingerprint density at radius 1 is 0.761 bits per heavy atom. The maximum absolute atomic E-state index is 12.8. The molecule has 0 spiro atoms. The van der Waals surface area contributed by atoms with E-state index in [-0.39, 0.29) is 12.5 Å². The number of rotatable bonds is 27. The second kappa shape index (κ2) is 28.2. The van der Waals surface area contributed by atoms with Crippen molar-refractivity contribution in [2.75, 3.05) is 13.2 Å². The lowest BCUT2D eigenvalue weighted by molar-refractivity contribution is -0.302. The van der Waals surface area contributed by atoms with Crippen molar-refractivity contribution >= 4 is 5.91 Å². The number of allylic oxidation sites excluding steroid dienone is 8. The van der Waals surface area contributed by atoms with Crippen LogP contribution in [-0.2, 0) is 14.3 Å². The van der Waals surface area contributed by atoms with E-state index < -0.39 is 49.5 Å². The van der Waals surface area contributed by atoms with Gasteiger partial charge in [-0.3, -0.25) is 4.79 Å². The molecule has 1 aliphatic heterocycles. The predicted molar refractivity (Wildman–Crippen MR) is 184 cm³/mol. The molecule has 0 saturated carbocycles. The van der Waals surface area contributed by atoms with E-state index >= 15 is 0 Å². The molecule has 1 amide bonds. The lowest BCUT2D eigenvalue weighted by Gasteiger charge is -2.40. The molecule has 7 atom stereocenters.